The van der Waals surface area contributed by atoms with Gasteiger partial charge in [-0.15, -0.1) is 10.2 Å². The Morgan fingerprint density at radius 1 is 1.38 bits per heavy atom. The summed E-state index contributed by atoms with van der Waals surface area (Å²) in [5.74, 6) is 3.06. The Balaban J connectivity index is 1.46. The first-order valence-corrected chi connectivity index (χ1v) is 7.63. The van der Waals surface area contributed by atoms with Crippen molar-refractivity contribution in [3.05, 3.63) is 23.9 Å². The van der Waals surface area contributed by atoms with Crippen LogP contribution < -0.4 is 5.32 Å². The van der Waals surface area contributed by atoms with Crippen molar-refractivity contribution in [1.29, 1.82) is 0 Å². The molecule has 2 aromatic rings. The second kappa shape index (κ2) is 6.34. The largest absolute Gasteiger partial charge is 0.426 e. The van der Waals surface area contributed by atoms with E-state index in [2.05, 4.69) is 32.5 Å². The third-order valence-electron chi connectivity index (χ3n) is 4.12. The Morgan fingerprint density at radius 2 is 2.29 bits per heavy atom. The summed E-state index contributed by atoms with van der Waals surface area (Å²) in [5.41, 5.74) is 0. The zero-order valence-corrected chi connectivity index (χ0v) is 12.6. The van der Waals surface area contributed by atoms with E-state index in [1.54, 1.807) is 6.33 Å². The van der Waals surface area contributed by atoms with Crippen LogP contribution in [0.1, 0.15) is 43.8 Å². The number of hydrogen-bond donors (Lipinski definition) is 1. The number of aryl methyl sites for hydroxylation is 2. The average Bonchev–Trinajstić information content (AvgIpc) is 3.18. The van der Waals surface area contributed by atoms with E-state index in [0.717, 1.165) is 37.6 Å². The molecule has 7 heteroatoms. The molecule has 0 aliphatic heterocycles. The average molecular weight is 290 g/mol. The molecule has 2 heterocycles. The molecule has 0 unspecified atom stereocenters. The highest BCUT2D eigenvalue weighted by Crippen LogP contribution is 2.28. The van der Waals surface area contributed by atoms with E-state index in [0.29, 0.717) is 17.9 Å². The van der Waals surface area contributed by atoms with Crippen molar-refractivity contribution >= 4 is 0 Å². The van der Waals surface area contributed by atoms with Gasteiger partial charge in [-0.1, -0.05) is 0 Å². The van der Waals surface area contributed by atoms with Gasteiger partial charge in [0.2, 0.25) is 11.8 Å². The minimum absolute atomic E-state index is 0.543. The van der Waals surface area contributed by atoms with Crippen LogP contribution in [0.5, 0.6) is 0 Å². The molecular weight excluding hydrogens is 268 g/mol. The normalized spacial score (nSPS) is 22.0. The predicted octanol–water partition coefficient (Wildman–Crippen LogP) is 1.49. The molecule has 0 aromatic carbocycles. The highest BCUT2D eigenvalue weighted by molar-refractivity contribution is 4.90. The van der Waals surface area contributed by atoms with Crippen LogP contribution in [0.25, 0.3) is 0 Å². The predicted molar refractivity (Wildman–Crippen MR) is 76.4 cm³/mol. The molecule has 3 rings (SSSR count). The summed E-state index contributed by atoms with van der Waals surface area (Å²) >= 11 is 0. The standard InChI is InChI=1S/C14H22N6O/c1-3-20-13(16-9-17-20)8-15-12-5-4-11(6-12)7-14-19-18-10(2)21-14/h9,11-12,15H,3-8H2,1-2H3/t11-,12+/m1/s1. The minimum Gasteiger partial charge on any atom is -0.426 e. The van der Waals surface area contributed by atoms with Gasteiger partial charge in [0.05, 0.1) is 6.54 Å². The monoisotopic (exact) mass is 290 g/mol. The lowest BCUT2D eigenvalue weighted by molar-refractivity contribution is 0.407. The molecule has 1 aliphatic rings. The first-order chi connectivity index (χ1) is 10.2. The zero-order valence-electron chi connectivity index (χ0n) is 12.6. The number of hydrogen-bond acceptors (Lipinski definition) is 6. The maximum Gasteiger partial charge on any atom is 0.216 e. The van der Waals surface area contributed by atoms with Gasteiger partial charge in [-0.05, 0) is 32.1 Å². The lowest BCUT2D eigenvalue weighted by atomic mass is 10.0. The molecule has 1 N–H and O–H groups in total. The van der Waals surface area contributed by atoms with Crippen molar-refractivity contribution in [3.8, 4) is 0 Å². The van der Waals surface area contributed by atoms with Gasteiger partial charge in [-0.3, -0.25) is 0 Å². The molecular formula is C14H22N6O. The summed E-state index contributed by atoms with van der Waals surface area (Å²) in [6.07, 6.45) is 6.07. The van der Waals surface area contributed by atoms with Crippen LogP contribution in [-0.4, -0.2) is 31.0 Å². The molecule has 1 aliphatic carbocycles. The second-order valence-corrected chi connectivity index (χ2v) is 5.67. The van der Waals surface area contributed by atoms with Crippen LogP contribution in [0.2, 0.25) is 0 Å². The maximum atomic E-state index is 5.47. The lowest BCUT2D eigenvalue weighted by Crippen LogP contribution is -2.27. The van der Waals surface area contributed by atoms with Crippen LogP contribution in [0.15, 0.2) is 10.7 Å². The van der Waals surface area contributed by atoms with E-state index >= 15 is 0 Å². The zero-order chi connectivity index (χ0) is 14.7. The fourth-order valence-electron chi connectivity index (χ4n) is 3.04. The van der Waals surface area contributed by atoms with E-state index in [1.165, 1.54) is 12.8 Å². The maximum absolute atomic E-state index is 5.47. The van der Waals surface area contributed by atoms with Crippen molar-refractivity contribution in [2.24, 2.45) is 5.92 Å². The van der Waals surface area contributed by atoms with E-state index < -0.39 is 0 Å². The summed E-state index contributed by atoms with van der Waals surface area (Å²) in [6.45, 7) is 5.56. The third-order valence-corrected chi connectivity index (χ3v) is 4.12. The highest BCUT2D eigenvalue weighted by Gasteiger charge is 2.26. The molecule has 0 bridgehead atoms. The number of nitrogens with one attached hydrogen (secondary N) is 1. The fraction of sp³-hybridized carbons (Fsp3) is 0.714. The van der Waals surface area contributed by atoms with E-state index in [-0.39, 0.29) is 0 Å². The van der Waals surface area contributed by atoms with Crippen molar-refractivity contribution in [3.63, 3.8) is 0 Å². The van der Waals surface area contributed by atoms with Gasteiger partial charge < -0.3 is 9.73 Å². The van der Waals surface area contributed by atoms with Gasteiger partial charge in [-0.2, -0.15) is 5.10 Å². The molecule has 0 amide bonds. The van der Waals surface area contributed by atoms with Crippen molar-refractivity contribution in [1.82, 2.24) is 30.3 Å². The Hall–Kier alpha value is -1.76. The van der Waals surface area contributed by atoms with Crippen LogP contribution >= 0.6 is 0 Å². The van der Waals surface area contributed by atoms with E-state index in [9.17, 15) is 0 Å². The van der Waals surface area contributed by atoms with Gasteiger partial charge in [0.1, 0.15) is 12.2 Å². The van der Waals surface area contributed by atoms with Crippen molar-refractivity contribution in [2.45, 2.75) is 58.7 Å². The molecule has 114 valence electrons. The van der Waals surface area contributed by atoms with Gasteiger partial charge in [-0.25, -0.2) is 9.67 Å². The second-order valence-electron chi connectivity index (χ2n) is 5.67. The number of nitrogens with zero attached hydrogens (tertiary/aromatic N) is 5. The smallest absolute Gasteiger partial charge is 0.216 e. The topological polar surface area (TPSA) is 81.7 Å². The summed E-state index contributed by atoms with van der Waals surface area (Å²) in [7, 11) is 0. The summed E-state index contributed by atoms with van der Waals surface area (Å²) in [5, 5.41) is 15.8. The van der Waals surface area contributed by atoms with Crippen LogP contribution in [-0.2, 0) is 19.5 Å². The van der Waals surface area contributed by atoms with E-state index in [4.69, 9.17) is 4.42 Å². The minimum atomic E-state index is 0.543. The van der Waals surface area contributed by atoms with Gasteiger partial charge in [0.15, 0.2) is 0 Å². The molecule has 0 spiro atoms. The molecule has 2 aromatic heterocycles. The summed E-state index contributed by atoms with van der Waals surface area (Å²) in [4.78, 5) is 4.29. The van der Waals surface area contributed by atoms with Crippen molar-refractivity contribution in [2.75, 3.05) is 0 Å². The first-order valence-electron chi connectivity index (χ1n) is 7.63. The molecule has 2 atom stereocenters. The first kappa shape index (κ1) is 14.2. The summed E-state index contributed by atoms with van der Waals surface area (Å²) < 4.78 is 7.40. The van der Waals surface area contributed by atoms with Crippen LogP contribution in [0, 0.1) is 12.8 Å². The quantitative estimate of drug-likeness (QED) is 0.868. The SMILES string of the molecule is CCn1ncnc1CN[C@H]1CC[C@@H](Cc2nnc(C)o2)C1. The number of aromatic nitrogens is 5. The Labute approximate surface area is 124 Å². The third kappa shape index (κ3) is 3.47. The van der Waals surface area contributed by atoms with Crippen LogP contribution in [0.4, 0.5) is 0 Å². The Morgan fingerprint density at radius 3 is 3.05 bits per heavy atom. The molecule has 7 nitrogen and oxygen atoms in total. The fourth-order valence-corrected chi connectivity index (χ4v) is 3.04. The van der Waals surface area contributed by atoms with Crippen LogP contribution in [0.3, 0.4) is 0 Å². The molecule has 21 heavy (non-hydrogen) atoms. The molecule has 0 saturated heterocycles. The number of rotatable bonds is 6. The highest BCUT2D eigenvalue weighted by atomic mass is 16.4. The molecule has 0 radical (unpaired) electrons. The van der Waals surface area contributed by atoms with Gasteiger partial charge in [0.25, 0.3) is 0 Å². The Kier molecular flexibility index (Phi) is 4.28. The van der Waals surface area contributed by atoms with Gasteiger partial charge in [0, 0.05) is 25.9 Å². The molecule has 1 saturated carbocycles. The Bertz CT molecular complexity index is 578. The molecule has 1 fully saturated rings. The van der Waals surface area contributed by atoms with E-state index in [1.807, 2.05) is 11.6 Å². The summed E-state index contributed by atoms with van der Waals surface area (Å²) in [6, 6.07) is 0.543. The van der Waals surface area contributed by atoms with Crippen molar-refractivity contribution < 1.29 is 4.42 Å². The lowest BCUT2D eigenvalue weighted by Gasteiger charge is -2.12. The van der Waals surface area contributed by atoms with Gasteiger partial charge >= 0.3 is 0 Å².